The third-order valence-electron chi connectivity index (χ3n) is 11.8. The van der Waals surface area contributed by atoms with Crippen molar-refractivity contribution in [3.05, 3.63) is 194 Å². The summed E-state index contributed by atoms with van der Waals surface area (Å²) >= 11 is 0. The standard InChI is InChI=1S/C54H32O/c1-4-12-43-33(9-1)17-22-41-30-51(46-15-7-8-16-49(46)54(41)43)39-21-20-34-27-35(18-19-36(34)28-39)37-23-25-47-48-26-24-40(32-53(48)55-52(47)31-37)50-29-38-10-2-3-11-42(38)44-13-5-6-14-45(44)50/h1-32H. The molecule has 12 rings (SSSR count). The van der Waals surface area contributed by atoms with Crippen LogP contribution in [-0.4, -0.2) is 0 Å². The fraction of sp³-hybridized carbons (Fsp3) is 0. The molecule has 55 heavy (non-hydrogen) atoms. The molecular weight excluding hydrogens is 665 g/mol. The summed E-state index contributed by atoms with van der Waals surface area (Å²) in [5, 5.41) is 17.5. The van der Waals surface area contributed by atoms with Crippen LogP contribution in [-0.2, 0) is 0 Å². The average molecular weight is 697 g/mol. The van der Waals surface area contributed by atoms with Gasteiger partial charge in [-0.15, -0.1) is 0 Å². The molecule has 0 saturated heterocycles. The lowest BCUT2D eigenvalue weighted by Crippen LogP contribution is -1.87. The predicted octanol–water partition coefficient (Wildman–Crippen LogP) is 15.5. The van der Waals surface area contributed by atoms with Gasteiger partial charge in [0, 0.05) is 10.8 Å². The molecule has 0 aliphatic rings. The van der Waals surface area contributed by atoms with Crippen molar-refractivity contribution in [1.82, 2.24) is 0 Å². The van der Waals surface area contributed by atoms with E-state index in [-0.39, 0.29) is 0 Å². The minimum absolute atomic E-state index is 0.902. The highest BCUT2D eigenvalue weighted by Crippen LogP contribution is 2.41. The lowest BCUT2D eigenvalue weighted by atomic mass is 9.90. The Morgan fingerprint density at radius 2 is 0.691 bits per heavy atom. The van der Waals surface area contributed by atoms with Crippen LogP contribution in [0.4, 0.5) is 0 Å². The van der Waals surface area contributed by atoms with Gasteiger partial charge < -0.3 is 4.42 Å². The van der Waals surface area contributed by atoms with E-state index in [2.05, 4.69) is 194 Å². The average Bonchev–Trinajstić information content (AvgIpc) is 3.62. The van der Waals surface area contributed by atoms with Crippen molar-refractivity contribution in [3.63, 3.8) is 0 Å². The normalized spacial score (nSPS) is 12.0. The van der Waals surface area contributed by atoms with Gasteiger partial charge >= 0.3 is 0 Å². The number of hydrogen-bond acceptors (Lipinski definition) is 1. The third kappa shape index (κ3) is 4.67. The number of hydrogen-bond donors (Lipinski definition) is 0. The fourth-order valence-electron chi connectivity index (χ4n) is 9.13. The van der Waals surface area contributed by atoms with E-state index in [4.69, 9.17) is 4.42 Å². The van der Waals surface area contributed by atoms with Crippen LogP contribution in [0.3, 0.4) is 0 Å². The van der Waals surface area contributed by atoms with Gasteiger partial charge in [0.2, 0.25) is 0 Å². The molecule has 0 saturated carbocycles. The Hall–Kier alpha value is -7.22. The Balaban J connectivity index is 0.926. The highest BCUT2D eigenvalue weighted by atomic mass is 16.3. The second-order valence-corrected chi connectivity index (χ2v) is 14.8. The summed E-state index contributed by atoms with van der Waals surface area (Å²) in [6.45, 7) is 0. The van der Waals surface area contributed by atoms with Crippen LogP contribution in [0.2, 0.25) is 0 Å². The monoisotopic (exact) mass is 696 g/mol. The molecule has 0 spiro atoms. The van der Waals surface area contributed by atoms with Gasteiger partial charge in [-0.2, -0.15) is 0 Å². The van der Waals surface area contributed by atoms with E-state index in [9.17, 15) is 0 Å². The topological polar surface area (TPSA) is 13.1 Å². The van der Waals surface area contributed by atoms with Gasteiger partial charge in [-0.05, 0) is 147 Å². The Kier molecular flexibility index (Phi) is 6.40. The molecule has 0 atom stereocenters. The Morgan fingerprint density at radius 1 is 0.236 bits per heavy atom. The third-order valence-corrected chi connectivity index (χ3v) is 11.8. The van der Waals surface area contributed by atoms with Crippen LogP contribution in [0.15, 0.2) is 199 Å². The van der Waals surface area contributed by atoms with Gasteiger partial charge in [0.25, 0.3) is 0 Å². The molecule has 0 aliphatic heterocycles. The second kappa shape index (κ2) is 11.6. The van der Waals surface area contributed by atoms with Gasteiger partial charge in [-0.3, -0.25) is 0 Å². The maximum atomic E-state index is 6.62. The summed E-state index contributed by atoms with van der Waals surface area (Å²) in [6, 6.07) is 71.1. The Labute approximate surface area is 317 Å². The molecular formula is C54H32O. The first-order chi connectivity index (χ1) is 27.2. The summed E-state index contributed by atoms with van der Waals surface area (Å²) in [6.07, 6.45) is 0. The maximum Gasteiger partial charge on any atom is 0.136 e. The second-order valence-electron chi connectivity index (χ2n) is 14.8. The van der Waals surface area contributed by atoms with Crippen molar-refractivity contribution < 1.29 is 4.42 Å². The molecule has 0 bridgehead atoms. The molecule has 0 amide bonds. The van der Waals surface area contributed by atoms with Gasteiger partial charge in [-0.25, -0.2) is 0 Å². The molecule has 1 aromatic heterocycles. The minimum Gasteiger partial charge on any atom is -0.456 e. The first-order valence-corrected chi connectivity index (χ1v) is 19.0. The molecule has 11 aromatic carbocycles. The van der Waals surface area contributed by atoms with Crippen molar-refractivity contribution >= 4 is 86.6 Å². The molecule has 12 aromatic rings. The summed E-state index contributed by atoms with van der Waals surface area (Å²) in [4.78, 5) is 0. The maximum absolute atomic E-state index is 6.62. The van der Waals surface area contributed by atoms with Crippen LogP contribution >= 0.6 is 0 Å². The number of fused-ring (bicyclic) bond motifs is 12. The van der Waals surface area contributed by atoms with Gasteiger partial charge in [0.15, 0.2) is 0 Å². The summed E-state index contributed by atoms with van der Waals surface area (Å²) < 4.78 is 6.62. The van der Waals surface area contributed by atoms with Crippen LogP contribution in [0.25, 0.3) is 120 Å². The first-order valence-electron chi connectivity index (χ1n) is 19.0. The SMILES string of the molecule is c1ccc2c(c1)cc(-c1ccc3c(c1)oc1cc(-c4ccc5cc(-c6cc7ccc8ccccc8c7c7ccccc67)ccc5c4)ccc13)c1ccccc12. The quantitative estimate of drug-likeness (QED) is 0.168. The first kappa shape index (κ1) is 30.3. The number of benzene rings is 11. The predicted molar refractivity (Wildman–Crippen MR) is 235 cm³/mol. The fourth-order valence-corrected chi connectivity index (χ4v) is 9.13. The molecule has 1 heteroatoms. The molecule has 0 radical (unpaired) electrons. The number of furan rings is 1. The van der Waals surface area contributed by atoms with Crippen LogP contribution < -0.4 is 0 Å². The molecule has 1 nitrogen and oxygen atoms in total. The molecule has 0 unspecified atom stereocenters. The van der Waals surface area contributed by atoms with Crippen molar-refractivity contribution in [1.29, 1.82) is 0 Å². The molecule has 254 valence electrons. The lowest BCUT2D eigenvalue weighted by molar-refractivity contribution is 0.669. The zero-order chi connectivity index (χ0) is 36.0. The van der Waals surface area contributed by atoms with E-state index < -0.39 is 0 Å². The number of rotatable bonds is 3. The Morgan fingerprint density at radius 3 is 1.45 bits per heavy atom. The van der Waals surface area contributed by atoms with E-state index in [0.717, 1.165) is 33.1 Å². The van der Waals surface area contributed by atoms with E-state index in [0.29, 0.717) is 0 Å². The van der Waals surface area contributed by atoms with E-state index in [1.54, 1.807) is 0 Å². The summed E-state index contributed by atoms with van der Waals surface area (Å²) in [5.41, 5.74) is 9.00. The van der Waals surface area contributed by atoms with E-state index in [1.807, 2.05) is 0 Å². The highest BCUT2D eigenvalue weighted by Gasteiger charge is 2.15. The molecule has 1 heterocycles. The minimum atomic E-state index is 0.902. The van der Waals surface area contributed by atoms with Gasteiger partial charge in [0.05, 0.1) is 0 Å². The Bertz CT molecular complexity index is 3550. The molecule has 0 aliphatic carbocycles. The van der Waals surface area contributed by atoms with Crippen molar-refractivity contribution in [3.8, 4) is 33.4 Å². The molecule has 0 N–H and O–H groups in total. The van der Waals surface area contributed by atoms with Crippen LogP contribution in [0, 0.1) is 0 Å². The van der Waals surface area contributed by atoms with Crippen molar-refractivity contribution in [2.45, 2.75) is 0 Å². The summed E-state index contributed by atoms with van der Waals surface area (Å²) in [5.74, 6) is 0. The van der Waals surface area contributed by atoms with Crippen LogP contribution in [0.5, 0.6) is 0 Å². The summed E-state index contributed by atoms with van der Waals surface area (Å²) in [7, 11) is 0. The zero-order valence-corrected chi connectivity index (χ0v) is 29.9. The van der Waals surface area contributed by atoms with E-state index >= 15 is 0 Å². The van der Waals surface area contributed by atoms with Gasteiger partial charge in [-0.1, -0.05) is 146 Å². The van der Waals surface area contributed by atoms with Crippen molar-refractivity contribution in [2.24, 2.45) is 0 Å². The van der Waals surface area contributed by atoms with E-state index in [1.165, 1.54) is 86.9 Å². The zero-order valence-electron chi connectivity index (χ0n) is 29.9. The molecule has 0 fully saturated rings. The smallest absolute Gasteiger partial charge is 0.136 e. The highest BCUT2D eigenvalue weighted by molar-refractivity contribution is 6.23. The lowest BCUT2D eigenvalue weighted by Gasteiger charge is -2.14. The largest absolute Gasteiger partial charge is 0.456 e. The van der Waals surface area contributed by atoms with Crippen LogP contribution in [0.1, 0.15) is 0 Å². The van der Waals surface area contributed by atoms with Crippen molar-refractivity contribution in [2.75, 3.05) is 0 Å². The van der Waals surface area contributed by atoms with Gasteiger partial charge in [0.1, 0.15) is 11.2 Å².